The van der Waals surface area contributed by atoms with Gasteiger partial charge >= 0.3 is 0 Å². The minimum Gasteiger partial charge on any atom is -0.357 e. The zero-order valence-corrected chi connectivity index (χ0v) is 17.0. The Hall–Kier alpha value is -0.340. The van der Waals surface area contributed by atoms with Gasteiger partial charge in [-0.1, -0.05) is 6.92 Å². The van der Waals surface area contributed by atoms with Gasteiger partial charge in [0.2, 0.25) is 0 Å². The van der Waals surface area contributed by atoms with Crippen LogP contribution < -0.4 is 10.6 Å². The molecule has 0 amide bonds. The Morgan fingerprint density at radius 1 is 1.36 bits per heavy atom. The molecule has 0 aliphatic heterocycles. The van der Waals surface area contributed by atoms with E-state index in [1.165, 1.54) is 23.3 Å². The van der Waals surface area contributed by atoms with Crippen LogP contribution in [0.2, 0.25) is 0 Å². The molecule has 0 saturated heterocycles. The fourth-order valence-electron chi connectivity index (χ4n) is 2.42. The number of aliphatic imine (C=N–C) groups is 1. The van der Waals surface area contributed by atoms with E-state index in [4.69, 9.17) is 0 Å². The molecule has 0 atom stereocenters. The summed E-state index contributed by atoms with van der Waals surface area (Å²) in [6.07, 6.45) is 2.75. The van der Waals surface area contributed by atoms with Crippen LogP contribution in [0.4, 0.5) is 0 Å². The van der Waals surface area contributed by atoms with E-state index in [1.54, 1.807) is 11.3 Å². The van der Waals surface area contributed by atoms with Gasteiger partial charge in [0.05, 0.1) is 6.54 Å². The first-order valence-electron chi connectivity index (χ1n) is 8.03. The average Bonchev–Trinajstić information content (AvgIpc) is 3.24. The first-order chi connectivity index (χ1) is 10.2. The van der Waals surface area contributed by atoms with E-state index in [2.05, 4.69) is 52.7 Å². The number of guanidine groups is 1. The second kappa shape index (κ2) is 10.4. The second-order valence-corrected chi connectivity index (χ2v) is 6.51. The van der Waals surface area contributed by atoms with Crippen LogP contribution in [-0.4, -0.2) is 43.1 Å². The van der Waals surface area contributed by atoms with Crippen LogP contribution in [0.15, 0.2) is 16.4 Å². The maximum absolute atomic E-state index is 4.69. The Labute approximate surface area is 155 Å². The number of nitrogens with zero attached hydrogens (tertiary/aromatic N) is 2. The third-order valence-corrected chi connectivity index (χ3v) is 4.86. The lowest BCUT2D eigenvalue weighted by molar-refractivity contribution is 0.282. The van der Waals surface area contributed by atoms with Crippen molar-refractivity contribution in [3.8, 4) is 0 Å². The van der Waals surface area contributed by atoms with Crippen LogP contribution in [-0.2, 0) is 6.54 Å². The maximum Gasteiger partial charge on any atom is 0.191 e. The Balaban J connectivity index is 0.00000242. The standard InChI is InChI=1S/C16H28N4S.HI/c1-4-17-16(19-12-15-13(3)8-11-21-15)18-9-10-20(5-2)14-6-7-14;/h8,11,14H,4-7,9-10,12H2,1-3H3,(H2,17,18,19);1H. The Kier molecular flexibility index (Phi) is 9.35. The highest BCUT2D eigenvalue weighted by molar-refractivity contribution is 14.0. The van der Waals surface area contributed by atoms with E-state index in [-0.39, 0.29) is 24.0 Å². The molecule has 0 bridgehead atoms. The van der Waals surface area contributed by atoms with E-state index in [0.29, 0.717) is 0 Å². The average molecular weight is 436 g/mol. The molecule has 1 saturated carbocycles. The normalized spacial score (nSPS) is 14.8. The molecule has 1 aromatic heterocycles. The minimum atomic E-state index is 0. The zero-order valence-electron chi connectivity index (χ0n) is 13.9. The number of hydrogen-bond donors (Lipinski definition) is 2. The van der Waals surface area contributed by atoms with Gasteiger partial charge in [-0.25, -0.2) is 4.99 Å². The molecule has 1 aliphatic carbocycles. The van der Waals surface area contributed by atoms with Crippen LogP contribution >= 0.6 is 35.3 Å². The molecule has 1 heterocycles. The molecule has 0 aromatic carbocycles. The first-order valence-corrected chi connectivity index (χ1v) is 8.91. The SMILES string of the molecule is CCNC(=NCc1sccc1C)NCCN(CC)C1CC1.I. The van der Waals surface area contributed by atoms with E-state index in [9.17, 15) is 0 Å². The summed E-state index contributed by atoms with van der Waals surface area (Å²) in [5.74, 6) is 0.928. The van der Waals surface area contributed by atoms with Crippen molar-refractivity contribution in [3.63, 3.8) is 0 Å². The molecule has 6 heteroatoms. The lowest BCUT2D eigenvalue weighted by Crippen LogP contribution is -2.42. The molecule has 0 radical (unpaired) electrons. The first kappa shape index (κ1) is 19.7. The van der Waals surface area contributed by atoms with E-state index in [0.717, 1.165) is 44.7 Å². The second-order valence-electron chi connectivity index (χ2n) is 5.51. The fourth-order valence-corrected chi connectivity index (χ4v) is 3.24. The quantitative estimate of drug-likeness (QED) is 0.374. The lowest BCUT2D eigenvalue weighted by atomic mass is 10.3. The highest BCUT2D eigenvalue weighted by Crippen LogP contribution is 2.25. The van der Waals surface area contributed by atoms with Gasteiger partial charge in [0, 0.05) is 30.6 Å². The van der Waals surface area contributed by atoms with Gasteiger partial charge in [0.1, 0.15) is 0 Å². The molecule has 126 valence electrons. The number of thiophene rings is 1. The third-order valence-electron chi connectivity index (χ3n) is 3.85. The molecular formula is C16H29IN4S. The summed E-state index contributed by atoms with van der Waals surface area (Å²) in [5.41, 5.74) is 1.34. The van der Waals surface area contributed by atoms with Gasteiger partial charge in [0.15, 0.2) is 5.96 Å². The van der Waals surface area contributed by atoms with Crippen LogP contribution in [0.3, 0.4) is 0 Å². The predicted molar refractivity (Wildman–Crippen MR) is 108 cm³/mol. The van der Waals surface area contributed by atoms with Crippen molar-refractivity contribution in [1.82, 2.24) is 15.5 Å². The largest absolute Gasteiger partial charge is 0.357 e. The molecule has 0 spiro atoms. The van der Waals surface area contributed by atoms with Gasteiger partial charge in [-0.15, -0.1) is 35.3 Å². The predicted octanol–water partition coefficient (Wildman–Crippen LogP) is 3.21. The molecule has 0 unspecified atom stereocenters. The van der Waals surface area contributed by atoms with Crippen molar-refractivity contribution in [2.24, 2.45) is 4.99 Å². The molecular weight excluding hydrogens is 407 g/mol. The monoisotopic (exact) mass is 436 g/mol. The summed E-state index contributed by atoms with van der Waals surface area (Å²) < 4.78 is 0. The zero-order chi connectivity index (χ0) is 15.1. The Bertz CT molecular complexity index is 457. The molecule has 2 rings (SSSR count). The lowest BCUT2D eigenvalue weighted by Gasteiger charge is -2.20. The number of likely N-dealkylation sites (N-methyl/N-ethyl adjacent to an activating group) is 1. The van der Waals surface area contributed by atoms with E-state index in [1.807, 2.05) is 0 Å². The maximum atomic E-state index is 4.69. The topological polar surface area (TPSA) is 39.7 Å². The molecule has 1 fully saturated rings. The minimum absolute atomic E-state index is 0. The van der Waals surface area contributed by atoms with Gasteiger partial charge in [0.25, 0.3) is 0 Å². The van der Waals surface area contributed by atoms with Crippen molar-refractivity contribution < 1.29 is 0 Å². The highest BCUT2D eigenvalue weighted by atomic mass is 127. The van der Waals surface area contributed by atoms with Gasteiger partial charge < -0.3 is 10.6 Å². The van der Waals surface area contributed by atoms with Crippen LogP contribution in [0.5, 0.6) is 0 Å². The number of aryl methyl sites for hydroxylation is 1. The molecule has 1 aliphatic rings. The smallest absolute Gasteiger partial charge is 0.191 e. The molecule has 22 heavy (non-hydrogen) atoms. The Morgan fingerprint density at radius 3 is 2.68 bits per heavy atom. The van der Waals surface area contributed by atoms with Crippen LogP contribution in [0.25, 0.3) is 0 Å². The van der Waals surface area contributed by atoms with Crippen molar-refractivity contribution in [3.05, 3.63) is 21.9 Å². The number of halogens is 1. The number of rotatable bonds is 8. The summed E-state index contributed by atoms with van der Waals surface area (Å²) in [6.45, 7) is 11.4. The van der Waals surface area contributed by atoms with Crippen molar-refractivity contribution in [2.75, 3.05) is 26.2 Å². The van der Waals surface area contributed by atoms with Gasteiger partial charge in [-0.2, -0.15) is 0 Å². The summed E-state index contributed by atoms with van der Waals surface area (Å²) in [6, 6.07) is 3.00. The van der Waals surface area contributed by atoms with E-state index < -0.39 is 0 Å². The van der Waals surface area contributed by atoms with Crippen molar-refractivity contribution in [2.45, 2.75) is 46.2 Å². The third kappa shape index (κ3) is 6.42. The van der Waals surface area contributed by atoms with Crippen LogP contribution in [0.1, 0.15) is 37.1 Å². The Morgan fingerprint density at radius 2 is 2.14 bits per heavy atom. The van der Waals surface area contributed by atoms with Gasteiger partial charge in [-0.05, 0) is 50.2 Å². The van der Waals surface area contributed by atoms with Gasteiger partial charge in [-0.3, -0.25) is 4.90 Å². The summed E-state index contributed by atoms with van der Waals surface area (Å²) >= 11 is 1.78. The molecule has 2 N–H and O–H groups in total. The van der Waals surface area contributed by atoms with Crippen molar-refractivity contribution in [1.29, 1.82) is 0 Å². The molecule has 1 aromatic rings. The highest BCUT2D eigenvalue weighted by Gasteiger charge is 2.27. The fraction of sp³-hybridized carbons (Fsp3) is 0.688. The van der Waals surface area contributed by atoms with E-state index >= 15 is 0 Å². The number of hydrogen-bond acceptors (Lipinski definition) is 3. The molecule has 4 nitrogen and oxygen atoms in total. The summed E-state index contributed by atoms with van der Waals surface area (Å²) in [5, 5.41) is 8.91. The summed E-state index contributed by atoms with van der Waals surface area (Å²) in [7, 11) is 0. The number of nitrogens with one attached hydrogen (secondary N) is 2. The van der Waals surface area contributed by atoms with Crippen molar-refractivity contribution >= 4 is 41.3 Å². The summed E-state index contributed by atoms with van der Waals surface area (Å²) in [4.78, 5) is 8.59. The van der Waals surface area contributed by atoms with Crippen LogP contribution in [0, 0.1) is 6.92 Å².